The first kappa shape index (κ1) is 22.5. The minimum absolute atomic E-state index is 0.419. The molecule has 32 heavy (non-hydrogen) atoms. The van der Waals surface area contributed by atoms with Crippen LogP contribution in [0.25, 0.3) is 0 Å². The van der Waals surface area contributed by atoms with Crippen LogP contribution in [-0.2, 0) is 18.9 Å². The van der Waals surface area contributed by atoms with Gasteiger partial charge in [0.25, 0.3) is 0 Å². The third-order valence-electron chi connectivity index (χ3n) is 7.17. The Balaban J connectivity index is 1.99. The molecule has 0 heterocycles. The molecular formula is C26H28O4SiTi. The number of hydrogen-bond acceptors (Lipinski definition) is 4. The van der Waals surface area contributed by atoms with Crippen molar-refractivity contribution >= 4 is 19.6 Å². The summed E-state index contributed by atoms with van der Waals surface area (Å²) in [6.45, 7) is 0. The van der Waals surface area contributed by atoms with Crippen molar-refractivity contribution in [1.82, 2.24) is 0 Å². The number of benzene rings is 2. The summed E-state index contributed by atoms with van der Waals surface area (Å²) in [5.74, 6) is -0.995. The van der Waals surface area contributed by atoms with Gasteiger partial charge in [0.2, 0.25) is 0 Å². The first-order valence-electron chi connectivity index (χ1n) is 10.8. The molecule has 0 fully saturated rings. The van der Waals surface area contributed by atoms with Gasteiger partial charge in [0.15, 0.2) is 0 Å². The molecule has 0 bridgehead atoms. The molecular weight excluding hydrogens is 452 g/mol. The molecule has 164 valence electrons. The van der Waals surface area contributed by atoms with Crippen LogP contribution in [-0.4, -0.2) is 19.6 Å². The summed E-state index contributed by atoms with van der Waals surface area (Å²) in [6, 6.07) is 17.7. The maximum absolute atomic E-state index is 13.6. The van der Waals surface area contributed by atoms with Crippen LogP contribution in [0.5, 0.6) is 0 Å². The van der Waals surface area contributed by atoms with Crippen LogP contribution in [0.2, 0.25) is 10.5 Å². The van der Waals surface area contributed by atoms with E-state index in [2.05, 4.69) is 0 Å². The van der Waals surface area contributed by atoms with Gasteiger partial charge in [0, 0.05) is 0 Å². The van der Waals surface area contributed by atoms with Crippen LogP contribution >= 0.6 is 0 Å². The van der Waals surface area contributed by atoms with E-state index in [0.717, 1.165) is 7.76 Å². The van der Waals surface area contributed by atoms with E-state index >= 15 is 0 Å². The first-order chi connectivity index (χ1) is 15.0. The molecule has 2 aromatic carbocycles. The van der Waals surface area contributed by atoms with Crippen LogP contribution in [0.1, 0.15) is 33.6 Å². The monoisotopic (exact) mass is 480 g/mol. The number of carbonyl (C=O) groups excluding carboxylic acids is 2. The molecule has 0 saturated carbocycles. The van der Waals surface area contributed by atoms with Crippen molar-refractivity contribution in [3.63, 3.8) is 0 Å². The van der Waals surface area contributed by atoms with Gasteiger partial charge < -0.3 is 0 Å². The fourth-order valence-corrected chi connectivity index (χ4v) is 17.8. The Morgan fingerprint density at radius 1 is 0.719 bits per heavy atom. The number of carbonyl (C=O) groups is 2. The standard InChI is InChI=1S/2C7H6O2.2C5H5.2CH3.H2Si.Ti/c2*8-7(9)6-4-2-1-3-5-6;2*1-2-4-5-3-1;;;;/h2*1-5H,(H,8,9);2*1-3H,4H2;2*1H3;1H2;/q;;;;;;;+2/p-2. The van der Waals surface area contributed by atoms with E-state index in [1.54, 1.807) is 56.2 Å². The van der Waals surface area contributed by atoms with E-state index in [9.17, 15) is 9.59 Å². The predicted molar refractivity (Wildman–Crippen MR) is 128 cm³/mol. The summed E-state index contributed by atoms with van der Waals surface area (Å²) in [5.41, 5.74) is 0.838. The number of hydrogen-bond donors (Lipinski definition) is 0. The fraction of sp³-hybridized carbons (Fsp3) is 0.154. The van der Waals surface area contributed by atoms with E-state index in [4.69, 9.17) is 6.64 Å². The van der Waals surface area contributed by atoms with Crippen molar-refractivity contribution in [3.8, 4) is 0 Å². The van der Waals surface area contributed by atoms with Crippen molar-refractivity contribution in [2.75, 3.05) is 0 Å². The van der Waals surface area contributed by atoms with E-state index in [1.807, 2.05) is 59.0 Å². The molecule has 0 amide bonds. The van der Waals surface area contributed by atoms with Crippen LogP contribution in [0.15, 0.2) is 105 Å². The Bertz CT molecular complexity index is 1270. The summed E-state index contributed by atoms with van der Waals surface area (Å²) >= 11 is -6.20. The van der Waals surface area contributed by atoms with Crippen LogP contribution in [0, 0.1) is 0 Å². The summed E-state index contributed by atoms with van der Waals surface area (Å²) in [5, 5.41) is 3.82. The molecule has 0 aliphatic heterocycles. The van der Waals surface area contributed by atoms with Crippen molar-refractivity contribution in [2.24, 2.45) is 0 Å². The Morgan fingerprint density at radius 2 is 1.09 bits per heavy atom. The molecule has 4 rings (SSSR count). The molecule has 4 nitrogen and oxygen atoms in total. The second-order valence-electron chi connectivity index (χ2n) is 10.4. The van der Waals surface area contributed by atoms with Gasteiger partial charge in [-0.15, -0.1) is 0 Å². The third-order valence-corrected chi connectivity index (χ3v) is 24.5. The van der Waals surface area contributed by atoms with Crippen molar-refractivity contribution < 1.29 is 28.5 Å². The van der Waals surface area contributed by atoms with E-state index < -0.39 is 24.2 Å². The van der Waals surface area contributed by atoms with Gasteiger partial charge in [0.05, 0.1) is 0 Å². The minimum atomic E-state index is -6.20. The molecule has 0 aromatic heterocycles. The molecule has 0 radical (unpaired) electrons. The van der Waals surface area contributed by atoms with Crippen molar-refractivity contribution in [2.45, 2.75) is 23.3 Å². The second kappa shape index (κ2) is 6.64. The zero-order valence-electron chi connectivity index (χ0n) is 18.5. The van der Waals surface area contributed by atoms with Gasteiger partial charge in [-0.2, -0.15) is 0 Å². The Hall–Kier alpha value is -2.73. The van der Waals surface area contributed by atoms with Gasteiger partial charge in [-0.05, 0) is 0 Å². The van der Waals surface area contributed by atoms with Gasteiger partial charge in [-0.25, -0.2) is 0 Å². The van der Waals surface area contributed by atoms with Gasteiger partial charge in [-0.1, -0.05) is 0 Å². The van der Waals surface area contributed by atoms with Crippen molar-refractivity contribution in [3.05, 3.63) is 116 Å². The molecule has 0 spiro atoms. The quantitative estimate of drug-likeness (QED) is 0.504. The predicted octanol–water partition coefficient (Wildman–Crippen LogP) is 5.62. The number of rotatable bonds is 6. The zero-order chi connectivity index (χ0) is 23.0. The van der Waals surface area contributed by atoms with E-state index in [1.165, 1.54) is 0 Å². The summed E-state index contributed by atoms with van der Waals surface area (Å²) in [7, 11) is 1.59. The molecule has 0 saturated heterocycles. The average molecular weight is 480 g/mol. The molecule has 0 unspecified atom stereocenters. The summed E-state index contributed by atoms with van der Waals surface area (Å²) in [6.07, 6.45) is 12.9. The average Bonchev–Trinajstić information content (AvgIpc) is 3.50. The summed E-state index contributed by atoms with van der Waals surface area (Å²) in [4.78, 5) is 27.3. The maximum atomic E-state index is 13.6. The van der Waals surface area contributed by atoms with Crippen LogP contribution in [0.4, 0.5) is 0 Å². The number of allylic oxidation sites excluding steroid dienone is 8. The second-order valence-corrected chi connectivity index (χ2v) is 37.6. The van der Waals surface area contributed by atoms with Crippen molar-refractivity contribution in [1.29, 1.82) is 0 Å². The molecule has 2 aliphatic rings. The van der Waals surface area contributed by atoms with Gasteiger partial charge in [-0.3, -0.25) is 0 Å². The van der Waals surface area contributed by atoms with Gasteiger partial charge >= 0.3 is 187 Å². The Morgan fingerprint density at radius 3 is 1.41 bits per heavy atom. The molecule has 6 heteroatoms. The van der Waals surface area contributed by atoms with E-state index in [-0.39, 0.29) is 0 Å². The normalized spacial score (nSPS) is 18.5. The SMILES string of the molecule is [CH3][Ti]([CH3])(=[SiH2])([O]C(=O)c1ccccc1)([O]C(=O)c1ccccc1)([C]1=CC=CC1)[C]1=CC=CC1. The topological polar surface area (TPSA) is 52.6 Å². The summed E-state index contributed by atoms with van der Waals surface area (Å²) < 4.78 is 15.2. The molecule has 0 atom stereocenters. The van der Waals surface area contributed by atoms with Gasteiger partial charge in [0.1, 0.15) is 0 Å². The fourth-order valence-electron chi connectivity index (χ4n) is 4.90. The third kappa shape index (κ3) is 3.32. The zero-order valence-corrected chi connectivity index (χ0v) is 21.5. The van der Waals surface area contributed by atoms with Crippen LogP contribution < -0.4 is 0 Å². The Labute approximate surface area is 186 Å². The first-order valence-corrected chi connectivity index (χ1v) is 20.8. The molecule has 0 N–H and O–H groups in total. The van der Waals surface area contributed by atoms with E-state index in [0.29, 0.717) is 24.0 Å². The molecule has 2 aliphatic carbocycles. The molecule has 2 aromatic rings. The Kier molecular flexibility index (Phi) is 4.66. The van der Waals surface area contributed by atoms with Crippen LogP contribution in [0.3, 0.4) is 0 Å².